The van der Waals surface area contributed by atoms with Crippen LogP contribution in [0.5, 0.6) is 0 Å². The summed E-state index contributed by atoms with van der Waals surface area (Å²) in [6, 6.07) is 9.24. The van der Waals surface area contributed by atoms with E-state index in [1.165, 1.54) is 0 Å². The molecule has 9 heteroatoms. The van der Waals surface area contributed by atoms with Crippen LogP contribution in [-0.4, -0.2) is 48.2 Å². The van der Waals surface area contributed by atoms with E-state index < -0.39 is 0 Å². The van der Waals surface area contributed by atoms with Crippen LogP contribution >= 0.6 is 11.8 Å². The van der Waals surface area contributed by atoms with Crippen LogP contribution in [0.25, 0.3) is 16.9 Å². The molecule has 1 aromatic carbocycles. The lowest BCUT2D eigenvalue weighted by Crippen LogP contribution is -2.26. The number of nitrogens with one attached hydrogen (secondary N) is 2. The Hall–Kier alpha value is -3.20. The van der Waals surface area contributed by atoms with Crippen molar-refractivity contribution in [2.75, 3.05) is 12.3 Å². The molecule has 3 aromatic heterocycles. The van der Waals surface area contributed by atoms with E-state index >= 15 is 0 Å². The molecule has 0 fully saturated rings. The summed E-state index contributed by atoms with van der Waals surface area (Å²) < 4.78 is 1.67. The van der Waals surface area contributed by atoms with Crippen LogP contribution in [0, 0.1) is 13.8 Å². The van der Waals surface area contributed by atoms with Gasteiger partial charge in [-0.1, -0.05) is 11.3 Å². The maximum Gasteiger partial charge on any atom is 0.251 e. The van der Waals surface area contributed by atoms with Gasteiger partial charge in [-0.15, -0.1) is 5.10 Å². The summed E-state index contributed by atoms with van der Waals surface area (Å²) in [7, 11) is 0. The number of pyridine rings is 1. The molecule has 148 valence electrons. The molecule has 0 radical (unpaired) electrons. The largest absolute Gasteiger partial charge is 0.351 e. The number of aromatic nitrogens is 6. The van der Waals surface area contributed by atoms with E-state index in [2.05, 4.69) is 30.6 Å². The summed E-state index contributed by atoms with van der Waals surface area (Å²) in [6.07, 6.45) is 3.41. The predicted octanol–water partition coefficient (Wildman–Crippen LogP) is 2.82. The molecule has 8 nitrogen and oxygen atoms in total. The second-order valence-corrected chi connectivity index (χ2v) is 7.74. The van der Waals surface area contributed by atoms with Crippen molar-refractivity contribution >= 4 is 28.8 Å². The van der Waals surface area contributed by atoms with E-state index in [1.54, 1.807) is 29.0 Å². The molecule has 29 heavy (non-hydrogen) atoms. The Kier molecular flexibility index (Phi) is 5.57. The summed E-state index contributed by atoms with van der Waals surface area (Å²) in [4.78, 5) is 24.3. The van der Waals surface area contributed by atoms with Gasteiger partial charge in [-0.05, 0) is 43.7 Å². The highest BCUT2D eigenvalue weighted by molar-refractivity contribution is 7.98. The van der Waals surface area contributed by atoms with E-state index in [9.17, 15) is 4.79 Å². The normalized spacial score (nSPS) is 11.1. The number of hydrogen-bond donors (Lipinski definition) is 2. The number of imidazole rings is 1. The first-order valence-electron chi connectivity index (χ1n) is 9.26. The molecule has 0 aliphatic carbocycles. The number of benzene rings is 1. The molecular formula is C20H21N7OS. The molecule has 4 rings (SSSR count). The molecule has 3 heterocycles. The van der Waals surface area contributed by atoms with Crippen molar-refractivity contribution < 1.29 is 4.79 Å². The van der Waals surface area contributed by atoms with Gasteiger partial charge in [0.1, 0.15) is 5.52 Å². The fraction of sp³-hybridized carbons (Fsp3) is 0.250. The highest BCUT2D eigenvalue weighted by atomic mass is 32.2. The average Bonchev–Trinajstić information content (AvgIpc) is 3.34. The van der Waals surface area contributed by atoms with Crippen LogP contribution in [-0.2, 0) is 5.75 Å². The molecule has 2 N–H and O–H groups in total. The van der Waals surface area contributed by atoms with E-state index in [1.807, 2.05) is 44.2 Å². The number of carbonyl (C=O) groups is 1. The molecule has 4 aromatic rings. The van der Waals surface area contributed by atoms with Gasteiger partial charge in [-0.25, -0.2) is 9.97 Å². The van der Waals surface area contributed by atoms with E-state index in [4.69, 9.17) is 0 Å². The third-order valence-electron chi connectivity index (χ3n) is 4.61. The number of rotatable bonds is 7. The Morgan fingerprint density at radius 3 is 2.97 bits per heavy atom. The summed E-state index contributed by atoms with van der Waals surface area (Å²) in [6.45, 7) is 4.57. The van der Waals surface area contributed by atoms with Crippen LogP contribution in [0.3, 0.4) is 0 Å². The molecule has 0 aliphatic heterocycles. The third-order valence-corrected chi connectivity index (χ3v) is 5.58. The smallest absolute Gasteiger partial charge is 0.251 e. The van der Waals surface area contributed by atoms with E-state index in [-0.39, 0.29) is 5.91 Å². The second kappa shape index (κ2) is 8.44. The summed E-state index contributed by atoms with van der Waals surface area (Å²) >= 11 is 1.74. The molecule has 0 saturated carbocycles. The Morgan fingerprint density at radius 1 is 1.24 bits per heavy atom. The lowest BCUT2D eigenvalue weighted by Gasteiger charge is -2.10. The quantitative estimate of drug-likeness (QED) is 0.457. The van der Waals surface area contributed by atoms with Crippen molar-refractivity contribution in [1.29, 1.82) is 0 Å². The highest BCUT2D eigenvalue weighted by Crippen LogP contribution is 2.19. The number of aryl methyl sites for hydroxylation is 2. The zero-order chi connectivity index (χ0) is 20.2. The molecule has 0 atom stereocenters. The van der Waals surface area contributed by atoms with Gasteiger partial charge >= 0.3 is 0 Å². The standard InChI is InChI=1S/C20H21N7OS/c1-13-5-6-15(10-18(13)27-19-16(25-26-27)4-3-7-21-19)20(28)22-8-9-29-11-17-14(2)23-12-24-17/h3-7,10,12H,8-9,11H2,1-2H3,(H,22,28)(H,23,24). The monoisotopic (exact) mass is 407 g/mol. The van der Waals surface area contributed by atoms with Crippen molar-refractivity contribution in [3.05, 3.63) is 65.4 Å². The summed E-state index contributed by atoms with van der Waals surface area (Å²) in [5, 5.41) is 11.3. The van der Waals surface area contributed by atoms with E-state index in [0.717, 1.165) is 34.1 Å². The van der Waals surface area contributed by atoms with Crippen molar-refractivity contribution in [2.45, 2.75) is 19.6 Å². The minimum absolute atomic E-state index is 0.111. The van der Waals surface area contributed by atoms with Gasteiger partial charge < -0.3 is 10.3 Å². The maximum absolute atomic E-state index is 12.6. The van der Waals surface area contributed by atoms with Crippen LogP contribution in [0.15, 0.2) is 42.9 Å². The SMILES string of the molecule is Cc1ccc(C(=O)NCCSCc2nc[nH]c2C)cc1-n1nnc2cccnc21. The van der Waals surface area contributed by atoms with Gasteiger partial charge in [0.2, 0.25) is 0 Å². The highest BCUT2D eigenvalue weighted by Gasteiger charge is 2.13. The average molecular weight is 408 g/mol. The molecule has 0 unspecified atom stereocenters. The number of thioether (sulfide) groups is 1. The van der Waals surface area contributed by atoms with Crippen LogP contribution in [0.4, 0.5) is 0 Å². The zero-order valence-corrected chi connectivity index (χ0v) is 17.0. The van der Waals surface area contributed by atoms with Crippen molar-refractivity contribution in [3.63, 3.8) is 0 Å². The van der Waals surface area contributed by atoms with Gasteiger partial charge in [-0.2, -0.15) is 16.4 Å². The van der Waals surface area contributed by atoms with Gasteiger partial charge in [0, 0.05) is 35.5 Å². The molecule has 0 saturated heterocycles. The Labute approximate surface area is 172 Å². The van der Waals surface area contributed by atoms with Gasteiger partial charge in [0.25, 0.3) is 5.91 Å². The van der Waals surface area contributed by atoms with Crippen molar-refractivity contribution in [1.82, 2.24) is 35.3 Å². The Morgan fingerprint density at radius 2 is 2.14 bits per heavy atom. The number of carbonyl (C=O) groups excluding carboxylic acids is 1. The van der Waals surface area contributed by atoms with Gasteiger partial charge in [0.15, 0.2) is 5.65 Å². The topological polar surface area (TPSA) is 101 Å². The fourth-order valence-corrected chi connectivity index (χ4v) is 3.82. The van der Waals surface area contributed by atoms with Crippen LogP contribution in [0.2, 0.25) is 0 Å². The third kappa shape index (κ3) is 4.14. The number of amides is 1. The Bertz CT molecular complexity index is 1150. The fourth-order valence-electron chi connectivity index (χ4n) is 2.95. The summed E-state index contributed by atoms with van der Waals surface area (Å²) in [5.74, 6) is 1.53. The lowest BCUT2D eigenvalue weighted by molar-refractivity contribution is 0.0956. The number of H-pyrrole nitrogens is 1. The van der Waals surface area contributed by atoms with Crippen molar-refractivity contribution in [2.24, 2.45) is 0 Å². The first-order valence-corrected chi connectivity index (χ1v) is 10.4. The minimum Gasteiger partial charge on any atom is -0.351 e. The molecule has 1 amide bonds. The first kappa shape index (κ1) is 19.1. The van der Waals surface area contributed by atoms with Crippen LogP contribution < -0.4 is 5.32 Å². The molecule has 0 bridgehead atoms. The van der Waals surface area contributed by atoms with Crippen molar-refractivity contribution in [3.8, 4) is 5.69 Å². The number of hydrogen-bond acceptors (Lipinski definition) is 6. The van der Waals surface area contributed by atoms with E-state index in [0.29, 0.717) is 23.3 Å². The maximum atomic E-state index is 12.6. The zero-order valence-electron chi connectivity index (χ0n) is 16.2. The summed E-state index contributed by atoms with van der Waals surface area (Å²) in [5.41, 5.74) is 5.88. The van der Waals surface area contributed by atoms with Crippen LogP contribution in [0.1, 0.15) is 27.3 Å². The molecular weight excluding hydrogens is 386 g/mol. The predicted molar refractivity (Wildman–Crippen MR) is 113 cm³/mol. The number of nitrogens with zero attached hydrogens (tertiary/aromatic N) is 5. The first-order chi connectivity index (χ1) is 14.1. The Balaban J connectivity index is 1.40. The second-order valence-electron chi connectivity index (χ2n) is 6.63. The molecule has 0 spiro atoms. The number of fused-ring (bicyclic) bond motifs is 1. The molecule has 0 aliphatic rings. The lowest BCUT2D eigenvalue weighted by atomic mass is 10.1. The number of aromatic amines is 1. The van der Waals surface area contributed by atoms with Gasteiger partial charge in [0.05, 0.1) is 17.7 Å². The van der Waals surface area contributed by atoms with Gasteiger partial charge in [-0.3, -0.25) is 4.79 Å². The minimum atomic E-state index is -0.111.